The van der Waals surface area contributed by atoms with Gasteiger partial charge in [-0.2, -0.15) is 0 Å². The Morgan fingerprint density at radius 2 is 1.79 bits per heavy atom. The van der Waals surface area contributed by atoms with Crippen molar-refractivity contribution < 1.29 is 9.53 Å². The van der Waals surface area contributed by atoms with Crippen molar-refractivity contribution in [3.8, 4) is 28.0 Å². The van der Waals surface area contributed by atoms with Gasteiger partial charge in [0.25, 0.3) is 5.91 Å². The molecule has 0 saturated heterocycles. The van der Waals surface area contributed by atoms with Gasteiger partial charge >= 0.3 is 0 Å². The third-order valence-electron chi connectivity index (χ3n) is 5.31. The van der Waals surface area contributed by atoms with Crippen LogP contribution in [0.1, 0.15) is 16.1 Å². The number of thiazole rings is 1. The van der Waals surface area contributed by atoms with E-state index in [2.05, 4.69) is 26.3 Å². The Morgan fingerprint density at radius 1 is 0.970 bits per heavy atom. The first-order valence-electron chi connectivity index (χ1n) is 10.3. The number of methoxy groups -OCH3 is 1. The number of amides is 1. The molecular weight excluding hydrogens is 432 g/mol. The van der Waals surface area contributed by atoms with Crippen LogP contribution in [0.2, 0.25) is 0 Å². The summed E-state index contributed by atoms with van der Waals surface area (Å²) in [6.07, 6.45) is 5.14. The molecule has 0 bridgehead atoms. The highest BCUT2D eigenvalue weighted by Crippen LogP contribution is 2.34. The maximum Gasteiger partial charge on any atom is 0.259 e. The van der Waals surface area contributed by atoms with Gasteiger partial charge in [0.05, 0.1) is 22.9 Å². The van der Waals surface area contributed by atoms with Gasteiger partial charge in [0, 0.05) is 35.4 Å². The monoisotopic (exact) mass is 452 g/mol. The van der Waals surface area contributed by atoms with E-state index in [0.717, 1.165) is 38.2 Å². The van der Waals surface area contributed by atoms with Gasteiger partial charge < -0.3 is 4.74 Å². The zero-order chi connectivity index (χ0) is 22.8. The molecular formula is C26H20N4O2S. The molecule has 0 aliphatic heterocycles. The maximum absolute atomic E-state index is 13.3. The fraction of sp³-hybridized carbons (Fsp3) is 0.0769. The van der Waals surface area contributed by atoms with Crippen LogP contribution in [0.3, 0.4) is 0 Å². The minimum Gasteiger partial charge on any atom is -0.496 e. The van der Waals surface area contributed by atoms with Crippen molar-refractivity contribution in [1.82, 2.24) is 15.0 Å². The zero-order valence-corrected chi connectivity index (χ0v) is 18.9. The van der Waals surface area contributed by atoms with Gasteiger partial charge in [-0.25, -0.2) is 4.98 Å². The molecule has 0 atom stereocenters. The van der Waals surface area contributed by atoms with Crippen LogP contribution in [-0.2, 0) is 0 Å². The van der Waals surface area contributed by atoms with E-state index in [-0.39, 0.29) is 5.91 Å². The Kier molecular flexibility index (Phi) is 5.54. The molecule has 162 valence electrons. The minimum atomic E-state index is -0.267. The van der Waals surface area contributed by atoms with Crippen molar-refractivity contribution in [3.63, 3.8) is 0 Å². The highest BCUT2D eigenvalue weighted by atomic mass is 32.1. The fourth-order valence-electron chi connectivity index (χ4n) is 3.70. The molecule has 0 fully saturated rings. The molecule has 0 saturated carbocycles. The second-order valence-corrected chi connectivity index (χ2v) is 8.49. The quantitative estimate of drug-likeness (QED) is 0.354. The standard InChI is InChI=1S/C26H20N4O2S/c1-16-13-20(19-5-3-4-6-23(19)32-2)21(15-28-16)25(31)30-26-29-22-8-7-18(14-24(22)33-26)17-9-11-27-12-10-17/h3-15H,1-2H3,(H,29,30,31). The first kappa shape index (κ1) is 20.8. The van der Waals surface area contributed by atoms with Gasteiger partial charge in [-0.05, 0) is 54.4 Å². The summed E-state index contributed by atoms with van der Waals surface area (Å²) in [4.78, 5) is 26.3. The largest absolute Gasteiger partial charge is 0.496 e. The summed E-state index contributed by atoms with van der Waals surface area (Å²) in [6.45, 7) is 1.90. The summed E-state index contributed by atoms with van der Waals surface area (Å²) >= 11 is 1.44. The lowest BCUT2D eigenvalue weighted by Crippen LogP contribution is -2.14. The van der Waals surface area contributed by atoms with Crippen molar-refractivity contribution in [2.75, 3.05) is 12.4 Å². The van der Waals surface area contributed by atoms with E-state index >= 15 is 0 Å². The van der Waals surface area contributed by atoms with E-state index in [9.17, 15) is 4.79 Å². The smallest absolute Gasteiger partial charge is 0.259 e. The summed E-state index contributed by atoms with van der Waals surface area (Å²) in [5.74, 6) is 0.428. The van der Waals surface area contributed by atoms with E-state index in [4.69, 9.17) is 4.74 Å². The number of benzene rings is 2. The number of rotatable bonds is 5. The number of carbonyl (C=O) groups is 1. The van der Waals surface area contributed by atoms with E-state index in [0.29, 0.717) is 16.4 Å². The molecule has 7 heteroatoms. The predicted octanol–water partition coefficient (Wildman–Crippen LogP) is 5.99. The molecule has 0 radical (unpaired) electrons. The Hall–Kier alpha value is -4.10. The Morgan fingerprint density at radius 3 is 2.61 bits per heavy atom. The molecule has 0 unspecified atom stereocenters. The first-order chi connectivity index (χ1) is 16.1. The third kappa shape index (κ3) is 4.18. The van der Waals surface area contributed by atoms with E-state index in [1.807, 2.05) is 61.5 Å². The maximum atomic E-state index is 13.3. The molecule has 0 aliphatic carbocycles. The number of aromatic nitrogens is 3. The highest BCUT2D eigenvalue weighted by molar-refractivity contribution is 7.22. The lowest BCUT2D eigenvalue weighted by molar-refractivity contribution is 0.102. The normalized spacial score (nSPS) is 10.8. The second-order valence-electron chi connectivity index (χ2n) is 7.46. The van der Waals surface area contributed by atoms with Gasteiger partial charge in [-0.15, -0.1) is 0 Å². The number of ether oxygens (including phenoxy) is 1. The average molecular weight is 453 g/mol. The number of anilines is 1. The number of para-hydroxylation sites is 1. The van der Waals surface area contributed by atoms with Gasteiger partial charge in [0.15, 0.2) is 5.13 Å². The summed E-state index contributed by atoms with van der Waals surface area (Å²) in [6, 6.07) is 19.5. The van der Waals surface area contributed by atoms with E-state index < -0.39 is 0 Å². The van der Waals surface area contributed by atoms with Crippen molar-refractivity contribution >= 4 is 32.6 Å². The van der Waals surface area contributed by atoms with Gasteiger partial charge in [0.2, 0.25) is 0 Å². The molecule has 0 aliphatic rings. The molecule has 2 aromatic carbocycles. The van der Waals surface area contributed by atoms with Crippen molar-refractivity contribution in [2.45, 2.75) is 6.92 Å². The van der Waals surface area contributed by atoms with Crippen LogP contribution >= 0.6 is 11.3 Å². The van der Waals surface area contributed by atoms with E-state index in [1.165, 1.54) is 11.3 Å². The van der Waals surface area contributed by atoms with Crippen LogP contribution < -0.4 is 10.1 Å². The number of hydrogen-bond donors (Lipinski definition) is 1. The summed E-state index contributed by atoms with van der Waals surface area (Å²) in [5.41, 5.74) is 5.86. The zero-order valence-electron chi connectivity index (χ0n) is 18.1. The first-order valence-corrected chi connectivity index (χ1v) is 11.2. The lowest BCUT2D eigenvalue weighted by atomic mass is 9.99. The van der Waals surface area contributed by atoms with Crippen molar-refractivity contribution in [3.05, 3.63) is 90.5 Å². The number of pyridine rings is 2. The van der Waals surface area contributed by atoms with Crippen LogP contribution in [0.25, 0.3) is 32.5 Å². The predicted molar refractivity (Wildman–Crippen MR) is 132 cm³/mol. The Bertz CT molecular complexity index is 1460. The topological polar surface area (TPSA) is 77.0 Å². The van der Waals surface area contributed by atoms with E-state index in [1.54, 1.807) is 25.7 Å². The SMILES string of the molecule is COc1ccccc1-c1cc(C)ncc1C(=O)Nc1nc2ccc(-c3ccncc3)cc2s1. The number of nitrogens with zero attached hydrogens (tertiary/aromatic N) is 3. The molecule has 5 rings (SSSR count). The molecule has 3 heterocycles. The molecule has 6 nitrogen and oxygen atoms in total. The Balaban J connectivity index is 1.48. The third-order valence-corrected chi connectivity index (χ3v) is 6.24. The lowest BCUT2D eigenvalue weighted by Gasteiger charge is -2.13. The molecule has 1 amide bonds. The second kappa shape index (κ2) is 8.80. The summed E-state index contributed by atoms with van der Waals surface area (Å²) < 4.78 is 6.51. The van der Waals surface area contributed by atoms with Crippen LogP contribution in [0, 0.1) is 6.92 Å². The van der Waals surface area contributed by atoms with Gasteiger partial charge in [-0.1, -0.05) is 35.6 Å². The number of aryl methyl sites for hydroxylation is 1. The fourth-order valence-corrected chi connectivity index (χ4v) is 4.60. The van der Waals surface area contributed by atoms with Gasteiger partial charge in [0.1, 0.15) is 5.75 Å². The number of fused-ring (bicyclic) bond motifs is 1. The van der Waals surface area contributed by atoms with Crippen molar-refractivity contribution in [2.24, 2.45) is 0 Å². The number of nitrogens with one attached hydrogen (secondary N) is 1. The minimum absolute atomic E-state index is 0.267. The van der Waals surface area contributed by atoms with Crippen LogP contribution in [0.4, 0.5) is 5.13 Å². The highest BCUT2D eigenvalue weighted by Gasteiger charge is 2.18. The van der Waals surface area contributed by atoms with Crippen LogP contribution in [-0.4, -0.2) is 28.0 Å². The average Bonchev–Trinajstić information content (AvgIpc) is 3.25. The summed E-state index contributed by atoms with van der Waals surface area (Å²) in [5, 5.41) is 3.49. The summed E-state index contributed by atoms with van der Waals surface area (Å²) in [7, 11) is 1.62. The molecule has 0 spiro atoms. The Labute approximate surface area is 195 Å². The van der Waals surface area contributed by atoms with Crippen molar-refractivity contribution in [1.29, 1.82) is 0 Å². The number of carbonyl (C=O) groups excluding carboxylic acids is 1. The molecule has 1 N–H and O–H groups in total. The van der Waals surface area contributed by atoms with Gasteiger partial charge in [-0.3, -0.25) is 20.1 Å². The van der Waals surface area contributed by atoms with Crippen LogP contribution in [0.15, 0.2) is 79.3 Å². The molecule has 5 aromatic rings. The van der Waals surface area contributed by atoms with Crippen LogP contribution in [0.5, 0.6) is 5.75 Å². The number of hydrogen-bond acceptors (Lipinski definition) is 6. The molecule has 33 heavy (non-hydrogen) atoms. The molecule has 3 aromatic heterocycles.